The number of hydrogen-bond donors (Lipinski definition) is 1. The number of hydrogen-bond acceptors (Lipinski definition) is 3. The molecule has 0 aliphatic carbocycles. The molecule has 0 bridgehead atoms. The summed E-state index contributed by atoms with van der Waals surface area (Å²) in [7, 11) is 0. The zero-order valence-electron chi connectivity index (χ0n) is 9.73. The maximum atomic E-state index is 11.5. The Hall–Kier alpha value is -1.42. The van der Waals surface area contributed by atoms with Crippen molar-refractivity contribution in [2.45, 2.75) is 25.9 Å². The van der Waals surface area contributed by atoms with Crippen LogP contribution in [0.4, 0.5) is 0 Å². The normalized spacial score (nSPS) is 20.5. The number of pyridine rings is 1. The van der Waals surface area contributed by atoms with E-state index in [1.54, 1.807) is 6.20 Å². The largest absolute Gasteiger partial charge is 0.349 e. The lowest BCUT2D eigenvalue weighted by atomic mass is 10.0. The van der Waals surface area contributed by atoms with Crippen LogP contribution in [0.1, 0.15) is 19.5 Å². The Bertz CT molecular complexity index is 375. The van der Waals surface area contributed by atoms with Crippen molar-refractivity contribution < 1.29 is 4.79 Å². The average molecular weight is 219 g/mol. The van der Waals surface area contributed by atoms with Gasteiger partial charge in [0.1, 0.15) is 0 Å². The van der Waals surface area contributed by atoms with Crippen LogP contribution in [0.3, 0.4) is 0 Å². The van der Waals surface area contributed by atoms with Crippen LogP contribution in [-0.4, -0.2) is 34.4 Å². The summed E-state index contributed by atoms with van der Waals surface area (Å²) >= 11 is 0. The summed E-state index contributed by atoms with van der Waals surface area (Å²) in [6.07, 6.45) is 1.78. The van der Waals surface area contributed by atoms with Gasteiger partial charge in [-0.3, -0.25) is 14.7 Å². The summed E-state index contributed by atoms with van der Waals surface area (Å²) in [5.41, 5.74) is 0.859. The van der Waals surface area contributed by atoms with Crippen molar-refractivity contribution in [2.24, 2.45) is 0 Å². The minimum atomic E-state index is -0.149. The van der Waals surface area contributed by atoms with E-state index in [9.17, 15) is 4.79 Å². The highest BCUT2D eigenvalue weighted by atomic mass is 16.2. The fourth-order valence-electron chi connectivity index (χ4n) is 2.11. The Kier molecular flexibility index (Phi) is 2.92. The molecule has 4 nitrogen and oxygen atoms in total. The predicted octanol–water partition coefficient (Wildman–Crippen LogP) is 0.792. The van der Waals surface area contributed by atoms with Gasteiger partial charge in [0.2, 0.25) is 5.91 Å². The standard InChI is InChI=1S/C12H17N3O/c1-12(2)9-15(8-11(16)14-12)7-10-5-3-4-6-13-10/h3-6H,7-9H2,1-2H3,(H,14,16). The molecule has 1 N–H and O–H groups in total. The lowest BCUT2D eigenvalue weighted by Gasteiger charge is -2.38. The molecule has 1 amide bonds. The highest BCUT2D eigenvalue weighted by Crippen LogP contribution is 2.13. The molecular weight excluding hydrogens is 202 g/mol. The van der Waals surface area contributed by atoms with Crippen LogP contribution in [0.5, 0.6) is 0 Å². The molecule has 0 aromatic carbocycles. The highest BCUT2D eigenvalue weighted by Gasteiger charge is 2.30. The average Bonchev–Trinajstić information content (AvgIpc) is 2.15. The number of carbonyl (C=O) groups excluding carboxylic acids is 1. The topological polar surface area (TPSA) is 45.2 Å². The van der Waals surface area contributed by atoms with Gasteiger partial charge in [-0.2, -0.15) is 0 Å². The molecule has 1 aromatic heterocycles. The molecular formula is C12H17N3O. The van der Waals surface area contributed by atoms with Crippen LogP contribution in [0.25, 0.3) is 0 Å². The van der Waals surface area contributed by atoms with Crippen LogP contribution < -0.4 is 5.32 Å². The molecule has 1 fully saturated rings. The van der Waals surface area contributed by atoms with Gasteiger partial charge < -0.3 is 5.32 Å². The van der Waals surface area contributed by atoms with Crippen molar-refractivity contribution in [3.63, 3.8) is 0 Å². The first-order valence-electron chi connectivity index (χ1n) is 5.48. The highest BCUT2D eigenvalue weighted by molar-refractivity contribution is 5.79. The SMILES string of the molecule is CC1(C)CN(Cc2ccccn2)CC(=O)N1. The van der Waals surface area contributed by atoms with Gasteiger partial charge >= 0.3 is 0 Å². The molecule has 86 valence electrons. The van der Waals surface area contributed by atoms with E-state index in [0.717, 1.165) is 18.8 Å². The summed E-state index contributed by atoms with van der Waals surface area (Å²) in [5.74, 6) is 0.0900. The van der Waals surface area contributed by atoms with Crippen molar-refractivity contribution >= 4 is 5.91 Å². The lowest BCUT2D eigenvalue weighted by molar-refractivity contribution is -0.127. The Labute approximate surface area is 95.7 Å². The van der Waals surface area contributed by atoms with E-state index in [2.05, 4.69) is 15.2 Å². The van der Waals surface area contributed by atoms with Crippen LogP contribution in [-0.2, 0) is 11.3 Å². The van der Waals surface area contributed by atoms with Crippen LogP contribution in [0, 0.1) is 0 Å². The summed E-state index contributed by atoms with van der Waals surface area (Å²) in [4.78, 5) is 17.9. The Balaban J connectivity index is 2.03. The molecule has 2 heterocycles. The van der Waals surface area contributed by atoms with Gasteiger partial charge in [0.25, 0.3) is 0 Å². The van der Waals surface area contributed by atoms with E-state index in [1.165, 1.54) is 0 Å². The summed E-state index contributed by atoms with van der Waals surface area (Å²) in [6, 6.07) is 5.85. The smallest absolute Gasteiger partial charge is 0.234 e. The summed E-state index contributed by atoms with van der Waals surface area (Å²) in [5, 5.41) is 2.97. The third kappa shape index (κ3) is 2.79. The summed E-state index contributed by atoms with van der Waals surface area (Å²) in [6.45, 7) is 6.12. The monoisotopic (exact) mass is 219 g/mol. The van der Waals surface area contributed by atoms with Gasteiger partial charge in [0, 0.05) is 24.8 Å². The van der Waals surface area contributed by atoms with Gasteiger partial charge in [-0.25, -0.2) is 0 Å². The van der Waals surface area contributed by atoms with Crippen LogP contribution in [0.15, 0.2) is 24.4 Å². The molecule has 1 aromatic rings. The molecule has 0 spiro atoms. The maximum absolute atomic E-state index is 11.5. The maximum Gasteiger partial charge on any atom is 0.234 e. The molecule has 0 radical (unpaired) electrons. The number of rotatable bonds is 2. The first kappa shape index (κ1) is 11.1. The van der Waals surface area contributed by atoms with Gasteiger partial charge in [-0.1, -0.05) is 6.07 Å². The van der Waals surface area contributed by atoms with E-state index < -0.39 is 0 Å². The molecule has 1 aliphatic rings. The van der Waals surface area contributed by atoms with E-state index in [1.807, 2.05) is 32.0 Å². The predicted molar refractivity (Wildman–Crippen MR) is 61.7 cm³/mol. The number of amides is 1. The van der Waals surface area contributed by atoms with Crippen molar-refractivity contribution in [3.05, 3.63) is 30.1 Å². The fourth-order valence-corrected chi connectivity index (χ4v) is 2.11. The van der Waals surface area contributed by atoms with Crippen molar-refractivity contribution in [3.8, 4) is 0 Å². The second kappa shape index (κ2) is 4.22. The first-order chi connectivity index (χ1) is 7.55. The minimum Gasteiger partial charge on any atom is -0.349 e. The molecule has 1 aliphatic heterocycles. The molecule has 0 atom stereocenters. The molecule has 1 saturated heterocycles. The number of piperazine rings is 1. The van der Waals surface area contributed by atoms with Crippen molar-refractivity contribution in [1.82, 2.24) is 15.2 Å². The van der Waals surface area contributed by atoms with Crippen molar-refractivity contribution in [2.75, 3.05) is 13.1 Å². The first-order valence-corrected chi connectivity index (χ1v) is 5.48. The molecule has 2 rings (SSSR count). The molecule has 16 heavy (non-hydrogen) atoms. The molecule has 4 heteroatoms. The van der Waals surface area contributed by atoms with E-state index in [0.29, 0.717) is 6.54 Å². The second-order valence-corrected chi connectivity index (χ2v) is 4.90. The number of nitrogens with one attached hydrogen (secondary N) is 1. The lowest BCUT2D eigenvalue weighted by Crippen LogP contribution is -2.59. The Morgan fingerprint density at radius 3 is 2.94 bits per heavy atom. The minimum absolute atomic E-state index is 0.0900. The van der Waals surface area contributed by atoms with Crippen LogP contribution >= 0.6 is 0 Å². The Morgan fingerprint density at radius 1 is 1.50 bits per heavy atom. The molecule has 0 unspecified atom stereocenters. The quantitative estimate of drug-likeness (QED) is 0.800. The number of aromatic nitrogens is 1. The van der Waals surface area contributed by atoms with Gasteiger partial charge in [-0.15, -0.1) is 0 Å². The summed E-state index contributed by atoms with van der Waals surface area (Å²) < 4.78 is 0. The number of nitrogens with zero attached hydrogens (tertiary/aromatic N) is 2. The van der Waals surface area contributed by atoms with Crippen LogP contribution in [0.2, 0.25) is 0 Å². The Morgan fingerprint density at radius 2 is 2.31 bits per heavy atom. The third-order valence-electron chi connectivity index (χ3n) is 2.58. The molecule has 0 saturated carbocycles. The van der Waals surface area contributed by atoms with Gasteiger partial charge in [-0.05, 0) is 26.0 Å². The zero-order chi connectivity index (χ0) is 11.6. The fraction of sp³-hybridized carbons (Fsp3) is 0.500. The number of carbonyl (C=O) groups is 1. The third-order valence-corrected chi connectivity index (χ3v) is 2.58. The van der Waals surface area contributed by atoms with E-state index >= 15 is 0 Å². The second-order valence-electron chi connectivity index (χ2n) is 4.90. The van der Waals surface area contributed by atoms with Gasteiger partial charge in [0.05, 0.1) is 12.2 Å². The zero-order valence-corrected chi connectivity index (χ0v) is 9.73. The van der Waals surface area contributed by atoms with Gasteiger partial charge in [0.15, 0.2) is 0 Å². The van der Waals surface area contributed by atoms with E-state index in [-0.39, 0.29) is 11.4 Å². The van der Waals surface area contributed by atoms with E-state index in [4.69, 9.17) is 0 Å². The van der Waals surface area contributed by atoms with Crippen molar-refractivity contribution in [1.29, 1.82) is 0 Å².